The highest BCUT2D eigenvalue weighted by atomic mass is 32.1. The molecule has 0 radical (unpaired) electrons. The van der Waals surface area contributed by atoms with Crippen LogP contribution in [-0.4, -0.2) is 31.1 Å². The van der Waals surface area contributed by atoms with E-state index in [9.17, 15) is 4.79 Å². The van der Waals surface area contributed by atoms with E-state index in [0.717, 1.165) is 5.56 Å². The van der Waals surface area contributed by atoms with E-state index >= 15 is 0 Å². The lowest BCUT2D eigenvalue weighted by Crippen LogP contribution is -2.35. The van der Waals surface area contributed by atoms with E-state index in [4.69, 9.17) is 4.74 Å². The van der Waals surface area contributed by atoms with Gasteiger partial charge in [0.05, 0.1) is 0 Å². The molecule has 4 heteroatoms. The molecule has 0 N–H and O–H groups in total. The number of likely N-dealkylation sites (N-methyl/N-ethyl adjacent to an activating group) is 1. The van der Waals surface area contributed by atoms with Crippen LogP contribution in [-0.2, 0) is 16.1 Å². The molecule has 0 bridgehead atoms. The highest BCUT2D eigenvalue weighted by Gasteiger charge is 2.16. The van der Waals surface area contributed by atoms with Gasteiger partial charge in [-0.3, -0.25) is 4.79 Å². The minimum absolute atomic E-state index is 0.0127. The molecule has 1 rings (SSSR count). The maximum absolute atomic E-state index is 11.6. The first-order chi connectivity index (χ1) is 6.65. The van der Waals surface area contributed by atoms with Crippen LogP contribution in [0.3, 0.4) is 0 Å². The minimum Gasteiger partial charge on any atom is -0.372 e. The van der Waals surface area contributed by atoms with Crippen molar-refractivity contribution in [3.63, 3.8) is 0 Å². The molecule has 1 unspecified atom stereocenters. The highest BCUT2D eigenvalue weighted by molar-refractivity contribution is 7.07. The van der Waals surface area contributed by atoms with Crippen molar-refractivity contribution in [3.05, 3.63) is 22.4 Å². The number of rotatable bonds is 4. The number of carbonyl (C=O) groups is 1. The van der Waals surface area contributed by atoms with E-state index in [-0.39, 0.29) is 12.0 Å². The van der Waals surface area contributed by atoms with Gasteiger partial charge in [-0.15, -0.1) is 0 Å². The summed E-state index contributed by atoms with van der Waals surface area (Å²) >= 11 is 1.64. The Morgan fingerprint density at radius 2 is 2.43 bits per heavy atom. The average molecular weight is 213 g/mol. The van der Waals surface area contributed by atoms with Gasteiger partial charge < -0.3 is 9.64 Å². The lowest BCUT2D eigenvalue weighted by atomic mass is 10.3. The van der Waals surface area contributed by atoms with E-state index in [1.807, 2.05) is 16.8 Å². The predicted octanol–water partition coefficient (Wildman–Crippen LogP) is 1.74. The van der Waals surface area contributed by atoms with Gasteiger partial charge in [0.25, 0.3) is 5.91 Å². The van der Waals surface area contributed by atoms with Gasteiger partial charge in [-0.25, -0.2) is 0 Å². The van der Waals surface area contributed by atoms with Crippen molar-refractivity contribution < 1.29 is 9.53 Å². The number of hydrogen-bond acceptors (Lipinski definition) is 3. The first-order valence-electron chi connectivity index (χ1n) is 4.44. The first-order valence-corrected chi connectivity index (χ1v) is 5.38. The number of methoxy groups -OCH3 is 1. The summed E-state index contributed by atoms with van der Waals surface area (Å²) in [7, 11) is 3.33. The van der Waals surface area contributed by atoms with Crippen molar-refractivity contribution in [1.82, 2.24) is 4.90 Å². The van der Waals surface area contributed by atoms with Crippen molar-refractivity contribution in [2.75, 3.05) is 14.2 Å². The van der Waals surface area contributed by atoms with Crippen molar-refractivity contribution >= 4 is 17.2 Å². The molecule has 1 atom stereocenters. The van der Waals surface area contributed by atoms with Crippen LogP contribution in [0.25, 0.3) is 0 Å². The Balaban J connectivity index is 2.50. The van der Waals surface area contributed by atoms with Gasteiger partial charge in [0.15, 0.2) is 0 Å². The average Bonchev–Trinajstić information content (AvgIpc) is 2.68. The molecule has 1 amide bonds. The van der Waals surface area contributed by atoms with Crippen LogP contribution < -0.4 is 0 Å². The summed E-state index contributed by atoms with van der Waals surface area (Å²) in [4.78, 5) is 13.3. The lowest BCUT2D eigenvalue weighted by Gasteiger charge is -2.19. The summed E-state index contributed by atoms with van der Waals surface area (Å²) in [5.41, 5.74) is 1.16. The number of amides is 1. The third-order valence-corrected chi connectivity index (χ3v) is 2.81. The summed E-state index contributed by atoms with van der Waals surface area (Å²) in [6, 6.07) is 2.02. The van der Waals surface area contributed by atoms with E-state index in [1.54, 1.807) is 37.3 Å². The van der Waals surface area contributed by atoms with Crippen LogP contribution in [0.2, 0.25) is 0 Å². The zero-order valence-electron chi connectivity index (χ0n) is 8.69. The van der Waals surface area contributed by atoms with E-state index in [1.165, 1.54) is 0 Å². The summed E-state index contributed by atoms with van der Waals surface area (Å²) in [5, 5.41) is 4.05. The van der Waals surface area contributed by atoms with Crippen molar-refractivity contribution in [3.8, 4) is 0 Å². The monoisotopic (exact) mass is 213 g/mol. The largest absolute Gasteiger partial charge is 0.372 e. The second kappa shape index (κ2) is 5.12. The first kappa shape index (κ1) is 11.2. The Morgan fingerprint density at radius 1 is 1.71 bits per heavy atom. The molecule has 14 heavy (non-hydrogen) atoms. The van der Waals surface area contributed by atoms with Gasteiger partial charge in [0.1, 0.15) is 6.10 Å². The van der Waals surface area contributed by atoms with E-state index < -0.39 is 0 Å². The number of nitrogens with zero attached hydrogens (tertiary/aromatic N) is 1. The fourth-order valence-corrected chi connectivity index (χ4v) is 1.81. The third-order valence-electron chi connectivity index (χ3n) is 2.08. The maximum Gasteiger partial charge on any atom is 0.251 e. The van der Waals surface area contributed by atoms with Crippen LogP contribution in [0.15, 0.2) is 16.8 Å². The molecule has 3 nitrogen and oxygen atoms in total. The Bertz CT molecular complexity index is 284. The smallest absolute Gasteiger partial charge is 0.251 e. The molecule has 0 spiro atoms. The van der Waals surface area contributed by atoms with Crippen molar-refractivity contribution in [2.24, 2.45) is 0 Å². The topological polar surface area (TPSA) is 29.5 Å². The molecule has 0 aliphatic heterocycles. The van der Waals surface area contributed by atoms with Crippen LogP contribution in [0, 0.1) is 0 Å². The molecule has 78 valence electrons. The quantitative estimate of drug-likeness (QED) is 0.762. The molecular formula is C10H15NO2S. The zero-order valence-corrected chi connectivity index (χ0v) is 9.50. The Hall–Kier alpha value is -0.870. The van der Waals surface area contributed by atoms with Crippen LogP contribution in [0.4, 0.5) is 0 Å². The molecule has 0 saturated carbocycles. The van der Waals surface area contributed by atoms with E-state index in [2.05, 4.69) is 0 Å². The normalized spacial score (nSPS) is 12.5. The summed E-state index contributed by atoms with van der Waals surface area (Å²) < 4.78 is 4.96. The molecule has 0 aliphatic carbocycles. The van der Waals surface area contributed by atoms with Crippen molar-refractivity contribution in [1.29, 1.82) is 0 Å². The Labute approximate surface area is 88.3 Å². The number of thiophene rings is 1. The van der Waals surface area contributed by atoms with Crippen LogP contribution in [0.1, 0.15) is 12.5 Å². The molecule has 1 aromatic heterocycles. The minimum atomic E-state index is -0.362. The number of ether oxygens (including phenoxy) is 1. The zero-order chi connectivity index (χ0) is 10.6. The van der Waals surface area contributed by atoms with Gasteiger partial charge >= 0.3 is 0 Å². The maximum atomic E-state index is 11.6. The SMILES string of the molecule is COC(C)C(=O)N(C)Cc1ccsc1. The second-order valence-electron chi connectivity index (χ2n) is 3.20. The molecule has 0 aliphatic rings. The molecule has 0 aromatic carbocycles. The fourth-order valence-electron chi connectivity index (χ4n) is 1.15. The van der Waals surface area contributed by atoms with Gasteiger partial charge in [-0.05, 0) is 29.3 Å². The second-order valence-corrected chi connectivity index (χ2v) is 3.98. The van der Waals surface area contributed by atoms with Gasteiger partial charge in [-0.1, -0.05) is 0 Å². The fraction of sp³-hybridized carbons (Fsp3) is 0.500. The lowest BCUT2D eigenvalue weighted by molar-refractivity contribution is -0.140. The summed E-state index contributed by atoms with van der Waals surface area (Å²) in [5.74, 6) is 0.0127. The van der Waals surface area contributed by atoms with E-state index in [0.29, 0.717) is 6.54 Å². The molecule has 1 aromatic rings. The van der Waals surface area contributed by atoms with Crippen LogP contribution >= 0.6 is 11.3 Å². The van der Waals surface area contributed by atoms with Gasteiger partial charge in [-0.2, -0.15) is 11.3 Å². The molecule has 0 saturated heterocycles. The molecular weight excluding hydrogens is 198 g/mol. The molecule has 1 heterocycles. The summed E-state index contributed by atoms with van der Waals surface area (Å²) in [6.45, 7) is 2.41. The number of carbonyl (C=O) groups excluding carboxylic acids is 1. The Morgan fingerprint density at radius 3 is 2.93 bits per heavy atom. The predicted molar refractivity (Wildman–Crippen MR) is 57.3 cm³/mol. The Kier molecular flexibility index (Phi) is 4.10. The number of hydrogen-bond donors (Lipinski definition) is 0. The van der Waals surface area contributed by atoms with Gasteiger partial charge in [0, 0.05) is 20.7 Å². The van der Waals surface area contributed by atoms with Crippen molar-refractivity contribution in [2.45, 2.75) is 19.6 Å². The third kappa shape index (κ3) is 2.82. The molecule has 0 fully saturated rings. The highest BCUT2D eigenvalue weighted by Crippen LogP contribution is 2.09. The summed E-state index contributed by atoms with van der Waals surface area (Å²) in [6.07, 6.45) is -0.362. The standard InChI is InChI=1S/C10H15NO2S/c1-8(13-3)10(12)11(2)6-9-4-5-14-7-9/h4-5,7-8H,6H2,1-3H3. The van der Waals surface area contributed by atoms with Crippen LogP contribution in [0.5, 0.6) is 0 Å². The van der Waals surface area contributed by atoms with Gasteiger partial charge in [0.2, 0.25) is 0 Å².